The van der Waals surface area contributed by atoms with Gasteiger partial charge in [0.05, 0.1) is 0 Å². The number of hydrogen-bond donors (Lipinski definition) is 1. The quantitative estimate of drug-likeness (QED) is 0.543. The molecule has 0 aliphatic heterocycles. The van der Waals surface area contributed by atoms with Crippen LogP contribution in [0.15, 0.2) is 41.1 Å². The fraction of sp³-hybridized carbons (Fsp3) is 0.318. The van der Waals surface area contributed by atoms with Crippen LogP contribution < -0.4 is 0 Å². The molecule has 0 fully saturated rings. The van der Waals surface area contributed by atoms with Gasteiger partial charge in [-0.05, 0) is 43.2 Å². The minimum absolute atomic E-state index is 0.0273. The topological polar surface area (TPSA) is 79.9 Å². The van der Waals surface area contributed by atoms with E-state index in [1.54, 1.807) is 11.9 Å². The molecule has 0 unspecified atom stereocenters. The fourth-order valence-corrected chi connectivity index (χ4v) is 3.62. The summed E-state index contributed by atoms with van der Waals surface area (Å²) in [7, 11) is 3.64. The van der Waals surface area contributed by atoms with Crippen molar-refractivity contribution in [2.45, 2.75) is 26.7 Å². The molecule has 0 saturated carbocycles. The zero-order valence-electron chi connectivity index (χ0n) is 17.2. The van der Waals surface area contributed by atoms with Crippen molar-refractivity contribution >= 4 is 16.8 Å². The van der Waals surface area contributed by atoms with Crippen molar-refractivity contribution in [1.29, 1.82) is 0 Å². The molecule has 0 bridgehead atoms. The number of likely N-dealkylation sites (N-methyl/N-ethyl adjacent to an activating group) is 1. The summed E-state index contributed by atoms with van der Waals surface area (Å²) in [6.07, 6.45) is 3.25. The van der Waals surface area contributed by atoms with Crippen LogP contribution in [-0.2, 0) is 19.9 Å². The Morgan fingerprint density at radius 3 is 2.86 bits per heavy atom. The lowest BCUT2D eigenvalue weighted by Crippen LogP contribution is -2.30. The van der Waals surface area contributed by atoms with E-state index >= 15 is 0 Å². The number of aryl methyl sites for hydroxylation is 3. The molecule has 4 rings (SSSR count). The molecular formula is C22H25N5O2. The van der Waals surface area contributed by atoms with Gasteiger partial charge >= 0.3 is 0 Å². The first-order valence-corrected chi connectivity index (χ1v) is 9.79. The maximum Gasteiger partial charge on any atom is 0.274 e. The second kappa shape index (κ2) is 7.58. The van der Waals surface area contributed by atoms with Gasteiger partial charge in [0.25, 0.3) is 11.8 Å². The van der Waals surface area contributed by atoms with Crippen LogP contribution in [-0.4, -0.2) is 44.1 Å². The smallest absolute Gasteiger partial charge is 0.274 e. The van der Waals surface area contributed by atoms with E-state index in [1.807, 2.05) is 29.9 Å². The highest BCUT2D eigenvalue weighted by molar-refractivity contribution is 5.92. The molecule has 29 heavy (non-hydrogen) atoms. The van der Waals surface area contributed by atoms with Crippen molar-refractivity contribution in [3.05, 3.63) is 59.2 Å². The predicted molar refractivity (Wildman–Crippen MR) is 112 cm³/mol. The average Bonchev–Trinajstić information content (AvgIpc) is 3.42. The number of nitrogens with one attached hydrogen (secondary N) is 1. The van der Waals surface area contributed by atoms with Crippen molar-refractivity contribution in [2.75, 3.05) is 13.6 Å². The van der Waals surface area contributed by atoms with Crippen LogP contribution in [0.3, 0.4) is 0 Å². The molecule has 0 spiro atoms. The van der Waals surface area contributed by atoms with Gasteiger partial charge in [0.15, 0.2) is 5.82 Å². The van der Waals surface area contributed by atoms with Gasteiger partial charge < -0.3 is 19.0 Å². The summed E-state index contributed by atoms with van der Waals surface area (Å²) in [5.74, 6) is 1.05. The first-order valence-electron chi connectivity index (χ1n) is 9.79. The third-order valence-corrected chi connectivity index (χ3v) is 5.28. The van der Waals surface area contributed by atoms with E-state index in [0.29, 0.717) is 30.4 Å². The number of H-pyrrole nitrogens is 1. The molecule has 0 aliphatic rings. The maximum absolute atomic E-state index is 12.5. The summed E-state index contributed by atoms with van der Waals surface area (Å²) in [6.45, 7) is 4.72. The Morgan fingerprint density at radius 2 is 2.14 bits per heavy atom. The summed E-state index contributed by atoms with van der Waals surface area (Å²) >= 11 is 0. The van der Waals surface area contributed by atoms with E-state index in [0.717, 1.165) is 17.6 Å². The molecule has 4 aromatic rings. The Hall–Kier alpha value is -3.35. The molecule has 1 aromatic carbocycles. The second-order valence-corrected chi connectivity index (χ2v) is 7.38. The maximum atomic E-state index is 12.5. The van der Waals surface area contributed by atoms with Crippen molar-refractivity contribution in [3.8, 4) is 11.6 Å². The molecule has 0 radical (unpaired) electrons. The van der Waals surface area contributed by atoms with Crippen LogP contribution >= 0.6 is 0 Å². The van der Waals surface area contributed by atoms with Crippen LogP contribution in [0.4, 0.5) is 0 Å². The normalized spacial score (nSPS) is 11.3. The number of fused-ring (bicyclic) bond motifs is 1. The van der Waals surface area contributed by atoms with Crippen molar-refractivity contribution in [2.24, 2.45) is 7.05 Å². The summed E-state index contributed by atoms with van der Waals surface area (Å²) in [5, 5.41) is 5.31. The Balaban J connectivity index is 1.51. The number of hydrogen-bond acceptors (Lipinski definition) is 4. The van der Waals surface area contributed by atoms with Crippen molar-refractivity contribution in [1.82, 2.24) is 24.6 Å². The molecule has 1 N–H and O–H groups in total. The van der Waals surface area contributed by atoms with Crippen molar-refractivity contribution in [3.63, 3.8) is 0 Å². The number of rotatable bonds is 6. The van der Waals surface area contributed by atoms with Crippen LogP contribution in [0.5, 0.6) is 0 Å². The van der Waals surface area contributed by atoms with Crippen LogP contribution in [0.2, 0.25) is 0 Å². The highest BCUT2D eigenvalue weighted by Crippen LogP contribution is 2.30. The molecule has 150 valence electrons. The molecule has 0 atom stereocenters. The first kappa shape index (κ1) is 19.0. The SMILES string of the molecule is CCc1c(-c2nc(CCN(C)C(=O)c3cccn3C)no2)[nH]c2ccc(C)cc12. The van der Waals surface area contributed by atoms with Gasteiger partial charge in [0.2, 0.25) is 0 Å². The number of nitrogens with zero attached hydrogens (tertiary/aromatic N) is 4. The Labute approximate surface area is 169 Å². The third-order valence-electron chi connectivity index (χ3n) is 5.28. The molecule has 7 heteroatoms. The summed E-state index contributed by atoms with van der Waals surface area (Å²) in [4.78, 5) is 22.2. The number of aromatic nitrogens is 4. The Kier molecular flexibility index (Phi) is 4.96. The predicted octanol–water partition coefficient (Wildman–Crippen LogP) is 3.74. The third kappa shape index (κ3) is 3.55. The highest BCUT2D eigenvalue weighted by Gasteiger charge is 2.19. The van der Waals surface area contributed by atoms with Gasteiger partial charge in [-0.3, -0.25) is 4.79 Å². The van der Waals surface area contributed by atoms with Gasteiger partial charge in [-0.2, -0.15) is 4.98 Å². The average molecular weight is 391 g/mol. The fourth-order valence-electron chi connectivity index (χ4n) is 3.62. The largest absolute Gasteiger partial charge is 0.350 e. The number of carbonyl (C=O) groups is 1. The number of amides is 1. The van der Waals surface area contributed by atoms with E-state index in [2.05, 4.69) is 47.2 Å². The van der Waals surface area contributed by atoms with Gasteiger partial charge in [0.1, 0.15) is 11.4 Å². The van der Waals surface area contributed by atoms with E-state index in [-0.39, 0.29) is 5.91 Å². The highest BCUT2D eigenvalue weighted by atomic mass is 16.5. The van der Waals surface area contributed by atoms with E-state index < -0.39 is 0 Å². The molecular weight excluding hydrogens is 366 g/mol. The number of aromatic amines is 1. The van der Waals surface area contributed by atoms with Crippen LogP contribution in [0.1, 0.15) is 34.4 Å². The van der Waals surface area contributed by atoms with E-state index in [9.17, 15) is 4.79 Å². The summed E-state index contributed by atoms with van der Waals surface area (Å²) in [5.41, 5.74) is 4.99. The lowest BCUT2D eigenvalue weighted by atomic mass is 10.1. The monoisotopic (exact) mass is 391 g/mol. The lowest BCUT2D eigenvalue weighted by Gasteiger charge is -2.16. The van der Waals surface area contributed by atoms with E-state index in [1.165, 1.54) is 16.5 Å². The van der Waals surface area contributed by atoms with Gasteiger partial charge in [-0.25, -0.2) is 0 Å². The zero-order chi connectivity index (χ0) is 20.5. The minimum Gasteiger partial charge on any atom is -0.350 e. The van der Waals surface area contributed by atoms with Crippen LogP contribution in [0, 0.1) is 6.92 Å². The summed E-state index contributed by atoms with van der Waals surface area (Å²) in [6, 6.07) is 10.0. The standard InChI is InChI=1S/C22H25N5O2/c1-5-15-16-13-14(2)8-9-17(16)23-20(15)21-24-19(25-29-21)10-12-27(4)22(28)18-7-6-11-26(18)3/h6-9,11,13,23H,5,10,12H2,1-4H3. The molecule has 0 saturated heterocycles. The minimum atomic E-state index is -0.0273. The molecule has 1 amide bonds. The molecule has 7 nitrogen and oxygen atoms in total. The molecule has 3 aromatic heterocycles. The Bertz CT molecular complexity index is 1170. The van der Waals surface area contributed by atoms with Crippen LogP contribution in [0.25, 0.3) is 22.5 Å². The second-order valence-electron chi connectivity index (χ2n) is 7.38. The number of benzene rings is 1. The van der Waals surface area contributed by atoms with Gasteiger partial charge in [-0.1, -0.05) is 23.7 Å². The molecule has 0 aliphatic carbocycles. The van der Waals surface area contributed by atoms with Gasteiger partial charge in [-0.15, -0.1) is 0 Å². The lowest BCUT2D eigenvalue weighted by molar-refractivity contribution is 0.0786. The molecule has 3 heterocycles. The van der Waals surface area contributed by atoms with E-state index in [4.69, 9.17) is 4.52 Å². The number of carbonyl (C=O) groups excluding carboxylic acids is 1. The summed E-state index contributed by atoms with van der Waals surface area (Å²) < 4.78 is 7.35. The zero-order valence-corrected chi connectivity index (χ0v) is 17.2. The Morgan fingerprint density at radius 1 is 1.31 bits per heavy atom. The van der Waals surface area contributed by atoms with Crippen molar-refractivity contribution < 1.29 is 9.32 Å². The first-order chi connectivity index (χ1) is 14.0. The van der Waals surface area contributed by atoms with Gasteiger partial charge in [0, 0.05) is 44.2 Å².